The van der Waals surface area contributed by atoms with Crippen LogP contribution in [-0.4, -0.2) is 66.9 Å². The van der Waals surface area contributed by atoms with Gasteiger partial charge in [0.15, 0.2) is 0 Å². The number of hydrogen-bond donors (Lipinski definition) is 3. The Morgan fingerprint density at radius 1 is 1.15 bits per heavy atom. The van der Waals surface area contributed by atoms with Gasteiger partial charge in [0, 0.05) is 11.7 Å². The smallest absolute Gasteiger partial charge is 0.408 e. The number of nitrogens with one attached hydrogen (secondary N) is 1. The second-order valence-electron chi connectivity index (χ2n) is 10.2. The lowest BCUT2D eigenvalue weighted by Gasteiger charge is -2.42. The molecule has 0 spiro atoms. The van der Waals surface area contributed by atoms with Gasteiger partial charge in [-0.05, 0) is 50.8 Å². The number of rotatable bonds is 8. The predicted molar refractivity (Wildman–Crippen MR) is 130 cm³/mol. The average molecular weight is 469 g/mol. The van der Waals surface area contributed by atoms with E-state index >= 15 is 0 Å². The lowest BCUT2D eigenvalue weighted by Crippen LogP contribution is -2.61. The van der Waals surface area contributed by atoms with Gasteiger partial charge in [0.2, 0.25) is 5.91 Å². The molecule has 1 fully saturated rings. The number of carbonyl (C=O) groups excluding carboxylic acids is 1. The molecule has 3 N–H and O–H groups in total. The van der Waals surface area contributed by atoms with Crippen LogP contribution < -0.4 is 5.32 Å². The normalized spacial score (nSPS) is 20.4. The fourth-order valence-electron chi connectivity index (χ4n) is 4.67. The lowest BCUT2D eigenvalue weighted by molar-refractivity contribution is -0.134. The number of aliphatic hydroxyl groups excluding tert-OH is 1. The highest BCUT2D eigenvalue weighted by molar-refractivity contribution is 5.85. The van der Waals surface area contributed by atoms with E-state index in [-0.39, 0.29) is 24.4 Å². The van der Waals surface area contributed by atoms with E-state index in [1.165, 1.54) is 4.90 Å². The van der Waals surface area contributed by atoms with E-state index in [1.807, 2.05) is 62.4 Å². The Bertz CT molecular complexity index is 962. The maximum atomic E-state index is 13.6. The Morgan fingerprint density at radius 3 is 2.32 bits per heavy atom. The Balaban J connectivity index is 1.94. The van der Waals surface area contributed by atoms with Crippen molar-refractivity contribution in [3.63, 3.8) is 0 Å². The van der Waals surface area contributed by atoms with Crippen molar-refractivity contribution in [1.82, 2.24) is 20.1 Å². The highest BCUT2D eigenvalue weighted by Gasteiger charge is 2.48. The van der Waals surface area contributed by atoms with Crippen LogP contribution in [-0.2, 0) is 17.8 Å². The van der Waals surface area contributed by atoms with Crippen molar-refractivity contribution < 1.29 is 19.8 Å². The molecule has 1 aliphatic rings. The lowest BCUT2D eigenvalue weighted by atomic mass is 9.91. The fourth-order valence-corrected chi connectivity index (χ4v) is 4.67. The SMILES string of the molecule is CC(C)C1N[C@@H]([C@@H](O)[C@H](Cc2ccccc2)N(C(=O)O)C(C)(C)C)C(=O)N1Cc1ccccn1. The van der Waals surface area contributed by atoms with Gasteiger partial charge in [0.05, 0.1) is 30.6 Å². The van der Waals surface area contributed by atoms with Crippen LogP contribution in [0.4, 0.5) is 4.79 Å². The van der Waals surface area contributed by atoms with E-state index in [0.717, 1.165) is 11.3 Å². The van der Waals surface area contributed by atoms with Gasteiger partial charge in [-0.2, -0.15) is 0 Å². The summed E-state index contributed by atoms with van der Waals surface area (Å²) in [6.07, 6.45) is -0.728. The Morgan fingerprint density at radius 2 is 1.79 bits per heavy atom. The van der Waals surface area contributed by atoms with Crippen molar-refractivity contribution in [2.24, 2.45) is 5.92 Å². The van der Waals surface area contributed by atoms with E-state index in [0.29, 0.717) is 6.54 Å². The summed E-state index contributed by atoms with van der Waals surface area (Å²) in [5.74, 6) is -0.176. The first-order valence-corrected chi connectivity index (χ1v) is 11.7. The minimum absolute atomic E-state index is 0.0793. The first kappa shape index (κ1) is 25.6. The molecule has 0 bridgehead atoms. The summed E-state index contributed by atoms with van der Waals surface area (Å²) in [5, 5.41) is 25.0. The molecule has 2 amide bonds. The summed E-state index contributed by atoms with van der Waals surface area (Å²) in [4.78, 5) is 33.2. The molecular formula is C26H36N4O4. The molecule has 34 heavy (non-hydrogen) atoms. The number of aromatic nitrogens is 1. The molecule has 1 aliphatic heterocycles. The molecule has 0 aliphatic carbocycles. The highest BCUT2D eigenvalue weighted by atomic mass is 16.4. The van der Waals surface area contributed by atoms with Gasteiger partial charge in [-0.15, -0.1) is 0 Å². The van der Waals surface area contributed by atoms with Gasteiger partial charge in [-0.1, -0.05) is 50.2 Å². The van der Waals surface area contributed by atoms with Crippen LogP contribution in [0.3, 0.4) is 0 Å². The number of carboxylic acid groups (broad SMARTS) is 1. The van der Waals surface area contributed by atoms with Gasteiger partial charge in [0.25, 0.3) is 0 Å². The summed E-state index contributed by atoms with van der Waals surface area (Å²) in [6.45, 7) is 9.70. The first-order chi connectivity index (χ1) is 16.0. The minimum Gasteiger partial charge on any atom is -0.465 e. The maximum Gasteiger partial charge on any atom is 0.408 e. The van der Waals surface area contributed by atoms with Crippen LogP contribution in [0.5, 0.6) is 0 Å². The van der Waals surface area contributed by atoms with Crippen molar-refractivity contribution >= 4 is 12.0 Å². The molecule has 0 saturated carbocycles. The van der Waals surface area contributed by atoms with E-state index in [4.69, 9.17) is 0 Å². The summed E-state index contributed by atoms with van der Waals surface area (Å²) in [7, 11) is 0. The van der Waals surface area contributed by atoms with Crippen LogP contribution in [0.1, 0.15) is 45.9 Å². The topological polar surface area (TPSA) is 106 Å². The van der Waals surface area contributed by atoms with Crippen LogP contribution in [0.15, 0.2) is 54.7 Å². The summed E-state index contributed by atoms with van der Waals surface area (Å²) < 4.78 is 0. The van der Waals surface area contributed by atoms with Crippen molar-refractivity contribution in [2.75, 3.05) is 0 Å². The van der Waals surface area contributed by atoms with Gasteiger partial charge in [-0.25, -0.2) is 4.79 Å². The van der Waals surface area contributed by atoms with Crippen LogP contribution in [0.25, 0.3) is 0 Å². The zero-order chi connectivity index (χ0) is 25.0. The number of nitrogens with zero attached hydrogens (tertiary/aromatic N) is 3. The number of aliphatic hydroxyl groups is 1. The third-order valence-corrected chi connectivity index (χ3v) is 6.21. The van der Waals surface area contributed by atoms with E-state index < -0.39 is 29.8 Å². The minimum atomic E-state index is -1.25. The largest absolute Gasteiger partial charge is 0.465 e. The Kier molecular flexibility index (Phi) is 7.94. The molecule has 8 nitrogen and oxygen atoms in total. The van der Waals surface area contributed by atoms with Gasteiger partial charge in [0.1, 0.15) is 6.04 Å². The van der Waals surface area contributed by atoms with Crippen LogP contribution in [0.2, 0.25) is 0 Å². The van der Waals surface area contributed by atoms with Crippen LogP contribution in [0, 0.1) is 5.92 Å². The molecule has 1 unspecified atom stereocenters. The average Bonchev–Trinajstić information content (AvgIpc) is 3.09. The fraction of sp³-hybridized carbons (Fsp3) is 0.500. The number of hydrogen-bond acceptors (Lipinski definition) is 5. The number of benzene rings is 1. The zero-order valence-electron chi connectivity index (χ0n) is 20.5. The van der Waals surface area contributed by atoms with E-state index in [2.05, 4.69) is 10.3 Å². The molecule has 4 atom stereocenters. The van der Waals surface area contributed by atoms with E-state index in [1.54, 1.807) is 31.9 Å². The molecule has 184 valence electrons. The molecule has 8 heteroatoms. The predicted octanol–water partition coefficient (Wildman–Crippen LogP) is 3.11. The molecule has 2 heterocycles. The highest BCUT2D eigenvalue weighted by Crippen LogP contribution is 2.28. The number of carbonyl (C=O) groups is 2. The third kappa shape index (κ3) is 5.74. The quantitative estimate of drug-likeness (QED) is 0.550. The first-order valence-electron chi connectivity index (χ1n) is 11.7. The monoisotopic (exact) mass is 468 g/mol. The Hall–Kier alpha value is -2.97. The van der Waals surface area contributed by atoms with Gasteiger partial charge >= 0.3 is 6.09 Å². The second kappa shape index (κ2) is 10.5. The van der Waals surface area contributed by atoms with Gasteiger partial charge < -0.3 is 15.1 Å². The van der Waals surface area contributed by atoms with Gasteiger partial charge in [-0.3, -0.25) is 20.0 Å². The number of pyridine rings is 1. The molecule has 3 rings (SSSR count). The summed E-state index contributed by atoms with van der Waals surface area (Å²) >= 11 is 0. The standard InChI is InChI=1S/C26H36N4O4/c1-17(2)23-28-21(24(32)29(23)16-19-13-9-10-14-27-19)22(31)20(15-18-11-7-6-8-12-18)30(25(33)34)26(3,4)5/h6-14,17,20-23,28,31H,15-16H2,1-5H3,(H,33,34)/t20-,21-,22-,23?/m0/s1. The molecule has 0 radical (unpaired) electrons. The molecule has 1 saturated heterocycles. The maximum absolute atomic E-state index is 13.6. The molecule has 1 aromatic carbocycles. The van der Waals surface area contributed by atoms with Crippen molar-refractivity contribution in [3.05, 3.63) is 66.0 Å². The van der Waals surface area contributed by atoms with Crippen LogP contribution >= 0.6 is 0 Å². The summed E-state index contributed by atoms with van der Waals surface area (Å²) in [5.41, 5.74) is 0.860. The zero-order valence-corrected chi connectivity index (χ0v) is 20.5. The molecule has 2 aromatic rings. The molecular weight excluding hydrogens is 432 g/mol. The second-order valence-corrected chi connectivity index (χ2v) is 10.2. The molecule has 1 aromatic heterocycles. The van der Waals surface area contributed by atoms with Crippen molar-refractivity contribution in [1.29, 1.82) is 0 Å². The summed E-state index contributed by atoms with van der Waals surface area (Å²) in [6, 6.07) is 13.2. The van der Waals surface area contributed by atoms with E-state index in [9.17, 15) is 19.8 Å². The van der Waals surface area contributed by atoms with Crippen molar-refractivity contribution in [2.45, 2.75) is 77.5 Å². The Labute approximate surface area is 201 Å². The van der Waals surface area contributed by atoms with Crippen molar-refractivity contribution in [3.8, 4) is 0 Å². The number of amides is 2. The third-order valence-electron chi connectivity index (χ3n) is 6.21.